The maximum atomic E-state index is 11.0. The molecule has 76 valence electrons. The topological polar surface area (TPSA) is 68.0 Å². The average molecular weight is 224 g/mol. The van der Waals surface area contributed by atoms with Crippen molar-refractivity contribution in [3.63, 3.8) is 0 Å². The quantitative estimate of drug-likeness (QED) is 0.840. The molecule has 0 atom stereocenters. The number of aromatic nitrogens is 3. The third-order valence-corrected chi connectivity index (χ3v) is 2.19. The van der Waals surface area contributed by atoms with Crippen LogP contribution in [0.25, 0.3) is 5.69 Å². The lowest BCUT2D eigenvalue weighted by Crippen LogP contribution is -2.06. The summed E-state index contributed by atoms with van der Waals surface area (Å²) in [6.45, 7) is 0. The zero-order valence-electron chi connectivity index (χ0n) is 7.46. The van der Waals surface area contributed by atoms with Crippen molar-refractivity contribution in [1.82, 2.24) is 15.0 Å². The third-order valence-electron chi connectivity index (χ3n) is 1.87. The second kappa shape index (κ2) is 3.70. The number of benzene rings is 1. The molecule has 0 saturated carbocycles. The van der Waals surface area contributed by atoms with Crippen molar-refractivity contribution >= 4 is 17.6 Å². The van der Waals surface area contributed by atoms with Gasteiger partial charge in [-0.15, -0.1) is 5.10 Å². The maximum absolute atomic E-state index is 11.0. The SMILES string of the molecule is O=C(O)c1c(Cl)cccc1-n1ccnn1. The fraction of sp³-hybridized carbons (Fsp3) is 0. The van der Waals surface area contributed by atoms with Crippen molar-refractivity contribution in [1.29, 1.82) is 0 Å². The molecular formula is C9H6ClN3O2. The molecule has 0 saturated heterocycles. The van der Waals surface area contributed by atoms with Crippen LogP contribution in [-0.2, 0) is 0 Å². The fourth-order valence-electron chi connectivity index (χ4n) is 1.25. The normalized spacial score (nSPS) is 10.2. The van der Waals surface area contributed by atoms with Crippen LogP contribution < -0.4 is 0 Å². The van der Waals surface area contributed by atoms with E-state index in [1.807, 2.05) is 0 Å². The molecule has 1 aromatic heterocycles. The van der Waals surface area contributed by atoms with Gasteiger partial charge < -0.3 is 5.11 Å². The van der Waals surface area contributed by atoms with Crippen LogP contribution in [0.15, 0.2) is 30.6 Å². The number of rotatable bonds is 2. The molecule has 0 aliphatic carbocycles. The smallest absolute Gasteiger partial charge is 0.339 e. The third kappa shape index (κ3) is 1.69. The van der Waals surface area contributed by atoms with E-state index in [1.54, 1.807) is 18.3 Å². The van der Waals surface area contributed by atoms with Gasteiger partial charge in [0, 0.05) is 0 Å². The summed E-state index contributed by atoms with van der Waals surface area (Å²) >= 11 is 5.80. The van der Waals surface area contributed by atoms with Gasteiger partial charge in [-0.3, -0.25) is 0 Å². The Kier molecular flexibility index (Phi) is 2.39. The summed E-state index contributed by atoms with van der Waals surface area (Å²) < 4.78 is 1.36. The first kappa shape index (κ1) is 9.67. The van der Waals surface area contributed by atoms with Crippen molar-refractivity contribution in [3.05, 3.63) is 41.2 Å². The van der Waals surface area contributed by atoms with E-state index in [9.17, 15) is 4.79 Å². The standard InChI is InChI=1S/C9H6ClN3O2/c10-6-2-1-3-7(8(6)9(14)15)13-5-4-11-12-13/h1-5H,(H,14,15). The van der Waals surface area contributed by atoms with Crippen LogP contribution in [0.1, 0.15) is 10.4 Å². The highest BCUT2D eigenvalue weighted by atomic mass is 35.5. The molecule has 2 aromatic rings. The Labute approximate surface area is 89.9 Å². The zero-order valence-corrected chi connectivity index (χ0v) is 8.22. The van der Waals surface area contributed by atoms with Gasteiger partial charge in [0.05, 0.1) is 23.1 Å². The van der Waals surface area contributed by atoms with Crippen molar-refractivity contribution in [3.8, 4) is 5.69 Å². The summed E-state index contributed by atoms with van der Waals surface area (Å²) in [4.78, 5) is 11.0. The first-order valence-electron chi connectivity index (χ1n) is 4.08. The Morgan fingerprint density at radius 3 is 2.87 bits per heavy atom. The molecule has 0 aliphatic rings. The molecule has 0 fully saturated rings. The summed E-state index contributed by atoms with van der Waals surface area (Å²) in [6.07, 6.45) is 3.02. The molecule has 0 unspecified atom stereocenters. The molecule has 1 heterocycles. The minimum atomic E-state index is -1.09. The van der Waals surface area contributed by atoms with Crippen molar-refractivity contribution in [2.75, 3.05) is 0 Å². The van der Waals surface area contributed by atoms with Gasteiger partial charge in [-0.25, -0.2) is 9.48 Å². The van der Waals surface area contributed by atoms with Crippen LogP contribution in [0.5, 0.6) is 0 Å². The van der Waals surface area contributed by atoms with E-state index < -0.39 is 5.97 Å². The van der Waals surface area contributed by atoms with Gasteiger partial charge in [0.25, 0.3) is 0 Å². The fourth-order valence-corrected chi connectivity index (χ4v) is 1.50. The molecule has 2 rings (SSSR count). The van der Waals surface area contributed by atoms with E-state index in [4.69, 9.17) is 16.7 Å². The molecular weight excluding hydrogens is 218 g/mol. The van der Waals surface area contributed by atoms with E-state index >= 15 is 0 Å². The number of hydrogen-bond donors (Lipinski definition) is 1. The second-order valence-electron chi connectivity index (χ2n) is 2.79. The highest BCUT2D eigenvalue weighted by molar-refractivity contribution is 6.34. The molecule has 15 heavy (non-hydrogen) atoms. The molecule has 1 aromatic carbocycles. The van der Waals surface area contributed by atoms with Crippen LogP contribution in [-0.4, -0.2) is 26.1 Å². The largest absolute Gasteiger partial charge is 0.478 e. The summed E-state index contributed by atoms with van der Waals surface area (Å²) in [6, 6.07) is 4.79. The first-order chi connectivity index (χ1) is 7.20. The van der Waals surface area contributed by atoms with E-state index in [-0.39, 0.29) is 10.6 Å². The Morgan fingerprint density at radius 2 is 2.27 bits per heavy atom. The van der Waals surface area contributed by atoms with Gasteiger partial charge >= 0.3 is 5.97 Å². The van der Waals surface area contributed by atoms with Crippen molar-refractivity contribution in [2.45, 2.75) is 0 Å². The van der Waals surface area contributed by atoms with Gasteiger partial charge in [0.1, 0.15) is 5.56 Å². The van der Waals surface area contributed by atoms with Crippen LogP contribution in [0.2, 0.25) is 5.02 Å². The molecule has 0 radical (unpaired) electrons. The molecule has 6 heteroatoms. The predicted molar refractivity (Wildman–Crippen MR) is 53.3 cm³/mol. The van der Waals surface area contributed by atoms with Crippen LogP contribution in [0.4, 0.5) is 0 Å². The lowest BCUT2D eigenvalue weighted by Gasteiger charge is -2.06. The van der Waals surface area contributed by atoms with Gasteiger partial charge in [0.15, 0.2) is 0 Å². The first-order valence-corrected chi connectivity index (χ1v) is 4.46. The molecule has 0 spiro atoms. The number of hydrogen-bond acceptors (Lipinski definition) is 3. The van der Waals surface area contributed by atoms with Crippen molar-refractivity contribution < 1.29 is 9.90 Å². The Balaban J connectivity index is 2.66. The lowest BCUT2D eigenvalue weighted by molar-refractivity contribution is 0.0697. The number of carboxylic acids is 1. The van der Waals surface area contributed by atoms with Crippen LogP contribution in [0.3, 0.4) is 0 Å². The number of nitrogens with zero attached hydrogens (tertiary/aromatic N) is 3. The number of carbonyl (C=O) groups is 1. The van der Waals surface area contributed by atoms with E-state index in [0.717, 1.165) is 0 Å². The van der Waals surface area contributed by atoms with Crippen LogP contribution in [0, 0.1) is 0 Å². The second-order valence-corrected chi connectivity index (χ2v) is 3.19. The summed E-state index contributed by atoms with van der Waals surface area (Å²) in [5.41, 5.74) is 0.414. The predicted octanol–water partition coefficient (Wildman–Crippen LogP) is 1.62. The Bertz CT molecular complexity index is 496. The monoisotopic (exact) mass is 223 g/mol. The molecule has 5 nitrogen and oxygen atoms in total. The lowest BCUT2D eigenvalue weighted by atomic mass is 10.2. The van der Waals surface area contributed by atoms with Crippen LogP contribution >= 0.6 is 11.6 Å². The molecule has 1 N–H and O–H groups in total. The van der Waals surface area contributed by atoms with Gasteiger partial charge in [-0.1, -0.05) is 22.9 Å². The van der Waals surface area contributed by atoms with Gasteiger partial charge in [0.2, 0.25) is 0 Å². The molecule has 0 amide bonds. The Hall–Kier alpha value is -1.88. The number of carboxylic acid groups (broad SMARTS) is 1. The maximum Gasteiger partial charge on any atom is 0.339 e. The number of halogens is 1. The van der Waals surface area contributed by atoms with E-state index in [0.29, 0.717) is 5.69 Å². The summed E-state index contributed by atoms with van der Waals surface area (Å²) in [5.74, 6) is -1.09. The van der Waals surface area contributed by atoms with Crippen molar-refractivity contribution in [2.24, 2.45) is 0 Å². The zero-order chi connectivity index (χ0) is 10.8. The molecule has 0 aliphatic heterocycles. The van der Waals surface area contributed by atoms with Gasteiger partial charge in [-0.2, -0.15) is 0 Å². The van der Waals surface area contributed by atoms with Gasteiger partial charge in [-0.05, 0) is 12.1 Å². The average Bonchev–Trinajstić information content (AvgIpc) is 2.69. The summed E-state index contributed by atoms with van der Waals surface area (Å²) in [5, 5.41) is 16.5. The van der Waals surface area contributed by atoms with E-state index in [2.05, 4.69) is 10.3 Å². The van der Waals surface area contributed by atoms with E-state index in [1.165, 1.54) is 16.9 Å². The highest BCUT2D eigenvalue weighted by Crippen LogP contribution is 2.22. The minimum Gasteiger partial charge on any atom is -0.478 e. The Morgan fingerprint density at radius 1 is 1.47 bits per heavy atom. The number of aromatic carboxylic acids is 1. The minimum absolute atomic E-state index is 0.0182. The molecule has 0 bridgehead atoms. The highest BCUT2D eigenvalue weighted by Gasteiger charge is 2.15. The summed E-state index contributed by atoms with van der Waals surface area (Å²) in [7, 11) is 0.